The lowest BCUT2D eigenvalue weighted by Gasteiger charge is -2.26. The van der Waals surface area contributed by atoms with Crippen LogP contribution in [0, 0.1) is 11.8 Å². The van der Waals surface area contributed by atoms with Crippen molar-refractivity contribution in [3.8, 4) is 22.3 Å². The van der Waals surface area contributed by atoms with E-state index in [4.69, 9.17) is 40.1 Å². The van der Waals surface area contributed by atoms with Gasteiger partial charge in [-0.1, -0.05) is 127 Å². The molecule has 0 radical (unpaired) electrons. The average molecular weight is 1360 g/mol. The molecule has 2 unspecified atom stereocenters. The molecule has 11 atom stereocenters. The summed E-state index contributed by atoms with van der Waals surface area (Å²) in [7, 11) is -4.20. The first-order valence-electron chi connectivity index (χ1n) is 33.5. The van der Waals surface area contributed by atoms with E-state index in [0.717, 1.165) is 60.8 Å². The Kier molecular flexibility index (Phi) is 35.2. The summed E-state index contributed by atoms with van der Waals surface area (Å²) in [4.78, 5) is 123. The van der Waals surface area contributed by atoms with E-state index in [2.05, 4.69) is 86.0 Å². The normalized spacial score (nSPS) is 14.7. The maximum absolute atomic E-state index is 14.3. The predicted molar refractivity (Wildman–Crippen MR) is 376 cm³/mol. The monoisotopic (exact) mass is 1360 g/mol. The Morgan fingerprint density at radius 2 is 0.663 bits per heavy atom. The minimum atomic E-state index is -2.10. The second-order valence-electron chi connectivity index (χ2n) is 25.5. The van der Waals surface area contributed by atoms with Gasteiger partial charge in [-0.25, -0.2) is 0 Å². The van der Waals surface area contributed by atoms with E-state index < -0.39 is 141 Å². The van der Waals surface area contributed by atoms with Gasteiger partial charge < -0.3 is 108 Å². The Bertz CT molecular complexity index is 3190. The van der Waals surface area contributed by atoms with Crippen LogP contribution in [0.5, 0.6) is 0 Å². The largest absolute Gasteiger partial charge is 0.490 e. The molecule has 9 amide bonds. The molecule has 0 heterocycles. The summed E-state index contributed by atoms with van der Waals surface area (Å²) in [5.74, 6) is -7.95. The highest BCUT2D eigenvalue weighted by Gasteiger charge is 2.34. The maximum Gasteiger partial charge on any atom is 0.490 e. The van der Waals surface area contributed by atoms with Crippen molar-refractivity contribution in [2.24, 2.45) is 52.0 Å². The molecule has 0 spiro atoms. The molecule has 0 aliphatic heterocycles. The van der Waals surface area contributed by atoms with Crippen LogP contribution in [-0.4, -0.2) is 161 Å². The Morgan fingerprint density at radius 1 is 0.367 bits per heavy atom. The first-order chi connectivity index (χ1) is 46.4. The Balaban J connectivity index is 1.51. The number of carbonyl (C=O) groups excluding carboxylic acids is 9. The first-order valence-corrected chi connectivity index (χ1v) is 33.5. The zero-order valence-electron chi connectivity index (χ0n) is 57.0. The third-order valence-electron chi connectivity index (χ3n) is 16.3. The molecule has 0 aliphatic rings. The van der Waals surface area contributed by atoms with E-state index >= 15 is 0 Å². The minimum absolute atomic E-state index is 0.0389. The summed E-state index contributed by atoms with van der Waals surface area (Å²) in [6.07, 6.45) is 3.44. The second-order valence-corrected chi connectivity index (χ2v) is 25.5. The van der Waals surface area contributed by atoms with Gasteiger partial charge in [-0.15, -0.1) is 0 Å². The summed E-state index contributed by atoms with van der Waals surface area (Å²) >= 11 is 0. The van der Waals surface area contributed by atoms with Crippen LogP contribution in [0.2, 0.25) is 0 Å². The fraction of sp³-hybridized carbons (Fsp3) is 0.507. The minimum Gasteiger partial charge on any atom is -0.425 e. The van der Waals surface area contributed by atoms with Gasteiger partial charge >= 0.3 is 14.2 Å². The second kappa shape index (κ2) is 41.9. The maximum atomic E-state index is 14.3. The van der Waals surface area contributed by atoms with Crippen molar-refractivity contribution in [2.45, 2.75) is 198 Å². The Labute approximate surface area is 574 Å². The highest BCUT2D eigenvalue weighted by molar-refractivity contribution is 6.43. The van der Waals surface area contributed by atoms with Crippen LogP contribution in [0.4, 0.5) is 0 Å². The summed E-state index contributed by atoms with van der Waals surface area (Å²) in [6.45, 7) is 10.8. The number of amides is 9. The lowest BCUT2D eigenvalue weighted by atomic mass is 9.86. The van der Waals surface area contributed by atoms with E-state index in [9.17, 15) is 63.2 Å². The first kappa shape index (κ1) is 82.2. The van der Waals surface area contributed by atoms with Crippen LogP contribution in [0.15, 0.2) is 97.1 Å². The van der Waals surface area contributed by atoms with Gasteiger partial charge in [-0.3, -0.25) is 43.2 Å². The van der Waals surface area contributed by atoms with Crippen molar-refractivity contribution in [1.29, 1.82) is 0 Å². The number of nitrogens with two attached hydrogens (primary N) is 7. The number of rotatable bonds is 42. The molecule has 0 fully saturated rings. The summed E-state index contributed by atoms with van der Waals surface area (Å²) in [5.41, 5.74) is 49.2. The van der Waals surface area contributed by atoms with Crippen LogP contribution < -0.4 is 88.0 Å². The molecule has 0 bridgehead atoms. The van der Waals surface area contributed by atoms with Gasteiger partial charge in [0, 0.05) is 29.8 Å². The van der Waals surface area contributed by atoms with Crippen molar-refractivity contribution in [2.75, 3.05) is 6.54 Å². The fourth-order valence-corrected chi connectivity index (χ4v) is 10.4. The lowest BCUT2D eigenvalue weighted by molar-refractivity contribution is -0.134. The molecule has 29 nitrogen and oxygen atoms in total. The van der Waals surface area contributed by atoms with Gasteiger partial charge in [-0.2, -0.15) is 0 Å². The molecule has 0 saturated heterocycles. The number of aryl methyl sites for hydroxylation is 2. The molecule has 98 heavy (non-hydrogen) atoms. The summed E-state index contributed by atoms with van der Waals surface area (Å²) in [5, 5.41) is 59.7. The van der Waals surface area contributed by atoms with Crippen molar-refractivity contribution < 1.29 is 63.2 Å². The summed E-state index contributed by atoms with van der Waals surface area (Å²) in [6, 6.07) is 18.6. The van der Waals surface area contributed by atoms with Gasteiger partial charge in [0.25, 0.3) is 23.6 Å². The molecule has 0 aromatic heterocycles. The van der Waals surface area contributed by atoms with E-state index in [1.54, 1.807) is 76.2 Å². The quantitative estimate of drug-likeness (QED) is 0.0182. The zero-order chi connectivity index (χ0) is 72.8. The molecule has 536 valence electrons. The van der Waals surface area contributed by atoms with Gasteiger partial charge in [0.05, 0.1) is 0 Å². The SMILES string of the molecule is CCCCc1ccc(-c2ccc(C(=O)N[C@@H](CCCC(N)C(N)CCC[C@H](NC(=O)c3ccc(-c4ccc(CCCC)cc4)cc3)C(=O)N[C@@H](CN)C(=O)N[C@@H](N)C(=O)N[C@@H](CC(C)C)C(=O)N[C@@H](N)B(O)O)C(=O)N[C@@H](N)C(=O)N[C@@H](CC(C)C)C(=O)N[C@@H](N)B(O)O)cc2)cc1. The van der Waals surface area contributed by atoms with E-state index in [1.807, 2.05) is 24.3 Å². The van der Waals surface area contributed by atoms with Crippen LogP contribution in [0.25, 0.3) is 22.3 Å². The Hall–Kier alpha value is -8.20. The number of hydrogen-bond acceptors (Lipinski definition) is 20. The average Bonchev–Trinajstić information content (AvgIpc) is 0.854. The van der Waals surface area contributed by atoms with Crippen LogP contribution in [-0.2, 0) is 46.4 Å². The topological polar surface area (TPSA) is 525 Å². The van der Waals surface area contributed by atoms with E-state index in [0.29, 0.717) is 0 Å². The van der Waals surface area contributed by atoms with Gasteiger partial charge in [0.2, 0.25) is 29.5 Å². The number of nitrogens with one attached hydrogen (secondary N) is 9. The van der Waals surface area contributed by atoms with E-state index in [-0.39, 0.29) is 74.3 Å². The smallest absolute Gasteiger partial charge is 0.425 e. The number of unbranched alkanes of at least 4 members (excludes halogenated alkanes) is 2. The molecular weight excluding hydrogens is 1260 g/mol. The molecule has 0 aliphatic carbocycles. The third-order valence-corrected chi connectivity index (χ3v) is 16.3. The number of benzene rings is 4. The highest BCUT2D eigenvalue weighted by atomic mass is 16.4. The van der Waals surface area contributed by atoms with Crippen molar-refractivity contribution in [3.63, 3.8) is 0 Å². The molecule has 4 aromatic rings. The van der Waals surface area contributed by atoms with Crippen molar-refractivity contribution in [1.82, 2.24) is 47.9 Å². The molecular formula is C67H104B2N16O13. The van der Waals surface area contributed by atoms with Crippen LogP contribution >= 0.6 is 0 Å². The van der Waals surface area contributed by atoms with Gasteiger partial charge in [0.15, 0.2) is 12.3 Å². The predicted octanol–water partition coefficient (Wildman–Crippen LogP) is -1.27. The molecule has 0 saturated carbocycles. The number of hydrogen-bond donors (Lipinski definition) is 20. The lowest BCUT2D eigenvalue weighted by Crippen LogP contribution is -2.63. The van der Waals surface area contributed by atoms with Gasteiger partial charge in [-0.05, 0) is 147 Å². The van der Waals surface area contributed by atoms with Crippen LogP contribution in [0.1, 0.15) is 150 Å². The third kappa shape index (κ3) is 28.0. The fourth-order valence-electron chi connectivity index (χ4n) is 10.4. The number of carbonyl (C=O) groups is 9. The van der Waals surface area contributed by atoms with Gasteiger partial charge in [0.1, 0.15) is 42.3 Å². The van der Waals surface area contributed by atoms with Crippen molar-refractivity contribution in [3.05, 3.63) is 119 Å². The standard InChI is InChI=1S/C67H104B2N16O13/c1-7-9-13-40-19-23-42(24-20-40)44-27-31-46(32-28-44)57(86)77-50(59(88)81-54(37-70)63(92)83-56(74)65(94)80-53(36-39(5)6)62(91)85-67(76)69(97)98)17-11-15-48(71)49(72)16-12-18-51(60(89)82-55(73)64(93)79-52(35-38(3)4)61(90)84-66(75)68(95)96)78-58(87)47-33-29-45(30-34-47)43-25-21-41(22-26-43)14-10-8-2/h19-34,38-39,48-56,66-67,95-98H,7-18,35-37,70-76H2,1-6H3,(H,77,86)(H,78,87)(H,79,93)(H,80,94)(H,81,88)(H,82,89)(H,83,92)(H,84,90)(H,85,91)/t48?,49?,50-,51-,52-,53-,54-,55+,56+,66+,67+/m0/s1. The Morgan fingerprint density at radius 3 is 0.969 bits per heavy atom. The van der Waals surface area contributed by atoms with E-state index in [1.165, 1.54) is 11.1 Å². The molecule has 4 rings (SSSR count). The molecule has 31 heteroatoms. The highest BCUT2D eigenvalue weighted by Crippen LogP contribution is 2.24. The zero-order valence-corrected chi connectivity index (χ0v) is 57.0. The van der Waals surface area contributed by atoms with Crippen molar-refractivity contribution >= 4 is 67.4 Å². The molecule has 27 N–H and O–H groups in total. The van der Waals surface area contributed by atoms with Crippen LogP contribution in [0.3, 0.4) is 0 Å². The molecule has 4 aromatic carbocycles. The summed E-state index contributed by atoms with van der Waals surface area (Å²) < 4.78 is 0.